The zero-order chi connectivity index (χ0) is 15.4. The van der Waals surface area contributed by atoms with Gasteiger partial charge in [-0.3, -0.25) is 4.90 Å². The molecule has 1 aromatic carbocycles. The van der Waals surface area contributed by atoms with Crippen molar-refractivity contribution in [1.82, 2.24) is 14.9 Å². The van der Waals surface area contributed by atoms with Crippen LogP contribution in [0.25, 0.3) is 10.9 Å². The summed E-state index contributed by atoms with van der Waals surface area (Å²) in [7, 11) is 0. The molecule has 21 heavy (non-hydrogen) atoms. The fraction of sp³-hybridized carbons (Fsp3) is 0.500. The van der Waals surface area contributed by atoms with E-state index in [2.05, 4.69) is 42.6 Å². The SMILES string of the molecule is CC(C)N(CCOc1ncnc2cc(N)ccc12)C(C)C. The van der Waals surface area contributed by atoms with Gasteiger partial charge in [0.25, 0.3) is 0 Å². The molecule has 0 fully saturated rings. The molecule has 0 amide bonds. The molecule has 114 valence electrons. The van der Waals surface area contributed by atoms with Gasteiger partial charge in [0.2, 0.25) is 5.88 Å². The van der Waals surface area contributed by atoms with E-state index in [1.54, 1.807) is 0 Å². The molecule has 2 N–H and O–H groups in total. The van der Waals surface area contributed by atoms with Gasteiger partial charge in [-0.15, -0.1) is 0 Å². The summed E-state index contributed by atoms with van der Waals surface area (Å²) in [6.07, 6.45) is 1.51. The van der Waals surface area contributed by atoms with Gasteiger partial charge in [0.05, 0.1) is 10.9 Å². The lowest BCUT2D eigenvalue weighted by molar-refractivity contribution is 0.141. The maximum Gasteiger partial charge on any atom is 0.224 e. The van der Waals surface area contributed by atoms with Crippen molar-refractivity contribution in [1.29, 1.82) is 0 Å². The lowest BCUT2D eigenvalue weighted by Crippen LogP contribution is -2.39. The first kappa shape index (κ1) is 15.5. The number of ether oxygens (including phenoxy) is 1. The zero-order valence-corrected chi connectivity index (χ0v) is 13.2. The van der Waals surface area contributed by atoms with Gasteiger partial charge in [0, 0.05) is 24.3 Å². The first-order valence-corrected chi connectivity index (χ1v) is 7.38. The molecule has 1 aromatic heterocycles. The van der Waals surface area contributed by atoms with Crippen LogP contribution in [-0.4, -0.2) is 40.1 Å². The Morgan fingerprint density at radius 3 is 2.52 bits per heavy atom. The minimum atomic E-state index is 0.496. The van der Waals surface area contributed by atoms with E-state index in [1.807, 2.05) is 18.2 Å². The summed E-state index contributed by atoms with van der Waals surface area (Å²) in [5, 5.41) is 0.896. The highest BCUT2D eigenvalue weighted by molar-refractivity contribution is 5.85. The Labute approximate surface area is 126 Å². The molecule has 1 heterocycles. The predicted octanol–water partition coefficient (Wildman–Crippen LogP) is 2.71. The molecule has 2 rings (SSSR count). The van der Waals surface area contributed by atoms with Gasteiger partial charge >= 0.3 is 0 Å². The predicted molar refractivity (Wildman–Crippen MR) is 86.4 cm³/mol. The minimum absolute atomic E-state index is 0.496. The molecule has 0 aliphatic carbocycles. The van der Waals surface area contributed by atoms with Crippen LogP contribution in [0.4, 0.5) is 5.69 Å². The van der Waals surface area contributed by atoms with E-state index in [-0.39, 0.29) is 0 Å². The van der Waals surface area contributed by atoms with Gasteiger partial charge in [-0.1, -0.05) is 0 Å². The second-order valence-corrected chi connectivity index (χ2v) is 5.73. The normalized spacial score (nSPS) is 11.8. The first-order valence-electron chi connectivity index (χ1n) is 7.38. The van der Waals surface area contributed by atoms with E-state index in [0.717, 1.165) is 17.4 Å². The standard InChI is InChI=1S/C16H24N4O/c1-11(2)20(12(3)4)7-8-21-16-14-6-5-13(17)9-15(14)18-10-19-16/h5-6,9-12H,7-8,17H2,1-4H3. The summed E-state index contributed by atoms with van der Waals surface area (Å²) in [4.78, 5) is 10.8. The molecule has 5 heteroatoms. The molecular weight excluding hydrogens is 264 g/mol. The first-order chi connectivity index (χ1) is 9.99. The Morgan fingerprint density at radius 1 is 1.14 bits per heavy atom. The Morgan fingerprint density at radius 2 is 1.86 bits per heavy atom. The quantitative estimate of drug-likeness (QED) is 0.828. The van der Waals surface area contributed by atoms with Crippen molar-refractivity contribution in [3.8, 4) is 5.88 Å². The Hall–Kier alpha value is -1.88. The Kier molecular flexibility index (Phi) is 4.96. The highest BCUT2D eigenvalue weighted by atomic mass is 16.5. The van der Waals surface area contributed by atoms with E-state index >= 15 is 0 Å². The number of benzene rings is 1. The molecule has 0 aliphatic rings. The van der Waals surface area contributed by atoms with Gasteiger partial charge in [-0.2, -0.15) is 0 Å². The van der Waals surface area contributed by atoms with Crippen molar-refractivity contribution in [3.05, 3.63) is 24.5 Å². The lowest BCUT2D eigenvalue weighted by Gasteiger charge is -2.30. The third kappa shape index (κ3) is 3.82. The zero-order valence-electron chi connectivity index (χ0n) is 13.2. The van der Waals surface area contributed by atoms with Crippen LogP contribution in [0.5, 0.6) is 5.88 Å². The number of anilines is 1. The number of aromatic nitrogens is 2. The number of nitrogens with zero attached hydrogens (tertiary/aromatic N) is 3. The van der Waals surface area contributed by atoms with Gasteiger partial charge < -0.3 is 10.5 Å². The lowest BCUT2D eigenvalue weighted by atomic mass is 10.2. The van der Waals surface area contributed by atoms with Crippen LogP contribution in [0.3, 0.4) is 0 Å². The molecule has 0 unspecified atom stereocenters. The summed E-state index contributed by atoms with van der Waals surface area (Å²) in [6, 6.07) is 6.57. The number of rotatable bonds is 6. The van der Waals surface area contributed by atoms with Crippen LogP contribution in [0.15, 0.2) is 24.5 Å². The number of nitrogen functional groups attached to an aromatic ring is 1. The summed E-state index contributed by atoms with van der Waals surface area (Å²) < 4.78 is 5.86. The minimum Gasteiger partial charge on any atom is -0.476 e. The molecule has 0 radical (unpaired) electrons. The Bertz CT molecular complexity index is 590. The molecule has 0 aliphatic heterocycles. The number of fused-ring (bicyclic) bond motifs is 1. The molecular formula is C16H24N4O. The number of nitrogens with two attached hydrogens (primary N) is 1. The van der Waals surface area contributed by atoms with E-state index in [4.69, 9.17) is 10.5 Å². The van der Waals surface area contributed by atoms with Crippen LogP contribution in [0.1, 0.15) is 27.7 Å². The molecule has 0 saturated carbocycles. The van der Waals surface area contributed by atoms with E-state index in [1.165, 1.54) is 6.33 Å². The van der Waals surface area contributed by atoms with Crippen LogP contribution >= 0.6 is 0 Å². The van der Waals surface area contributed by atoms with Crippen LogP contribution < -0.4 is 10.5 Å². The smallest absolute Gasteiger partial charge is 0.224 e. The van der Waals surface area contributed by atoms with Gasteiger partial charge in [-0.05, 0) is 45.9 Å². The molecule has 0 atom stereocenters. The number of hydrogen-bond acceptors (Lipinski definition) is 5. The third-order valence-corrected chi connectivity index (χ3v) is 3.54. The van der Waals surface area contributed by atoms with E-state index in [0.29, 0.717) is 30.3 Å². The fourth-order valence-corrected chi connectivity index (χ4v) is 2.52. The summed E-state index contributed by atoms with van der Waals surface area (Å²) in [6.45, 7) is 10.3. The average Bonchev–Trinajstić information content (AvgIpc) is 2.42. The molecule has 5 nitrogen and oxygen atoms in total. The fourth-order valence-electron chi connectivity index (χ4n) is 2.52. The van der Waals surface area contributed by atoms with Gasteiger partial charge in [0.15, 0.2) is 0 Å². The maximum atomic E-state index is 5.86. The highest BCUT2D eigenvalue weighted by Crippen LogP contribution is 2.23. The summed E-state index contributed by atoms with van der Waals surface area (Å²) >= 11 is 0. The van der Waals surface area contributed by atoms with Crippen molar-refractivity contribution in [3.63, 3.8) is 0 Å². The monoisotopic (exact) mass is 288 g/mol. The van der Waals surface area contributed by atoms with Crippen molar-refractivity contribution in [2.45, 2.75) is 39.8 Å². The van der Waals surface area contributed by atoms with Crippen LogP contribution in [0.2, 0.25) is 0 Å². The summed E-state index contributed by atoms with van der Waals surface area (Å²) in [5.41, 5.74) is 7.27. The molecule has 0 saturated heterocycles. The van der Waals surface area contributed by atoms with Crippen molar-refractivity contribution in [2.24, 2.45) is 0 Å². The van der Waals surface area contributed by atoms with E-state index < -0.39 is 0 Å². The third-order valence-electron chi connectivity index (χ3n) is 3.54. The maximum absolute atomic E-state index is 5.86. The Balaban J connectivity index is 2.07. The largest absolute Gasteiger partial charge is 0.476 e. The van der Waals surface area contributed by atoms with Crippen LogP contribution in [0, 0.1) is 0 Å². The van der Waals surface area contributed by atoms with Crippen molar-refractivity contribution in [2.75, 3.05) is 18.9 Å². The second kappa shape index (κ2) is 6.72. The molecule has 2 aromatic rings. The second-order valence-electron chi connectivity index (χ2n) is 5.73. The average molecular weight is 288 g/mol. The van der Waals surface area contributed by atoms with Crippen LogP contribution in [-0.2, 0) is 0 Å². The van der Waals surface area contributed by atoms with Crippen molar-refractivity contribution < 1.29 is 4.74 Å². The topological polar surface area (TPSA) is 64.3 Å². The van der Waals surface area contributed by atoms with Gasteiger partial charge in [0.1, 0.15) is 12.9 Å². The highest BCUT2D eigenvalue weighted by Gasteiger charge is 2.13. The number of hydrogen-bond donors (Lipinski definition) is 1. The summed E-state index contributed by atoms with van der Waals surface area (Å²) in [5.74, 6) is 0.618. The van der Waals surface area contributed by atoms with E-state index in [9.17, 15) is 0 Å². The molecule has 0 bridgehead atoms. The van der Waals surface area contributed by atoms with Gasteiger partial charge in [-0.25, -0.2) is 9.97 Å². The van der Waals surface area contributed by atoms with Crippen molar-refractivity contribution >= 4 is 16.6 Å². The molecule has 0 spiro atoms.